The summed E-state index contributed by atoms with van der Waals surface area (Å²) in [6, 6.07) is 2.88. The maximum atomic E-state index is 11.5. The summed E-state index contributed by atoms with van der Waals surface area (Å²) in [4.78, 5) is -0.160. The average molecular weight is 374 g/mol. The molecule has 0 radical (unpaired) electrons. The molecular weight excluding hydrogens is 363 g/mol. The fourth-order valence-corrected chi connectivity index (χ4v) is 3.21. The first-order chi connectivity index (χ1) is 8.25. The van der Waals surface area contributed by atoms with Gasteiger partial charge in [-0.1, -0.05) is 41.0 Å². The van der Waals surface area contributed by atoms with Crippen molar-refractivity contribution in [2.45, 2.75) is 18.2 Å². The van der Waals surface area contributed by atoms with Crippen molar-refractivity contribution in [1.82, 2.24) is 0 Å². The van der Waals surface area contributed by atoms with Crippen molar-refractivity contribution in [2.24, 2.45) is 0 Å². The minimum atomic E-state index is -3.93. The largest absolute Gasteiger partial charge is 0.486 e. The first kappa shape index (κ1) is 15.8. The minimum absolute atomic E-state index is 0.0458. The Kier molecular flexibility index (Phi) is 5.52. The molecule has 0 bridgehead atoms. The summed E-state index contributed by atoms with van der Waals surface area (Å²) < 4.78 is 28.8. The number of halogens is 3. The number of ether oxygens (including phenoxy) is 1. The highest BCUT2D eigenvalue weighted by molar-refractivity contribution is 9.10. The van der Waals surface area contributed by atoms with E-state index in [9.17, 15) is 8.42 Å². The Morgan fingerprint density at radius 1 is 1.50 bits per heavy atom. The lowest BCUT2D eigenvalue weighted by atomic mass is 10.2. The summed E-state index contributed by atoms with van der Waals surface area (Å²) in [6.45, 7) is 5.88. The molecular formula is C11H11BrCl2O3S. The van der Waals surface area contributed by atoms with E-state index in [1.54, 1.807) is 0 Å². The average Bonchev–Trinajstić information content (AvgIpc) is 2.25. The van der Waals surface area contributed by atoms with E-state index in [1.807, 2.05) is 6.92 Å². The number of hydrogen-bond acceptors (Lipinski definition) is 3. The molecule has 1 rings (SSSR count). The van der Waals surface area contributed by atoms with Gasteiger partial charge in [-0.25, -0.2) is 8.42 Å². The van der Waals surface area contributed by atoms with Gasteiger partial charge in [-0.3, -0.25) is 0 Å². The molecule has 0 aliphatic heterocycles. The second kappa shape index (κ2) is 6.28. The van der Waals surface area contributed by atoms with Crippen LogP contribution in [0.4, 0.5) is 0 Å². The fraction of sp³-hybridized carbons (Fsp3) is 0.273. The highest BCUT2D eigenvalue weighted by Crippen LogP contribution is 2.37. The maximum Gasteiger partial charge on any atom is 0.265 e. The third-order valence-electron chi connectivity index (χ3n) is 2.16. The summed E-state index contributed by atoms with van der Waals surface area (Å²) in [5.41, 5.74) is 0.826. The summed E-state index contributed by atoms with van der Waals surface area (Å²) in [6.07, 6.45) is 0.733. The number of benzene rings is 1. The lowest BCUT2D eigenvalue weighted by Gasteiger charge is -2.12. The van der Waals surface area contributed by atoms with Crippen molar-refractivity contribution in [3.63, 3.8) is 0 Å². The Balaban J connectivity index is 3.21. The molecule has 0 N–H and O–H groups in total. The van der Waals surface area contributed by atoms with Crippen molar-refractivity contribution in [3.8, 4) is 5.75 Å². The molecule has 0 spiro atoms. The van der Waals surface area contributed by atoms with E-state index in [0.29, 0.717) is 4.47 Å². The Labute approximate surface area is 124 Å². The Morgan fingerprint density at radius 3 is 2.61 bits per heavy atom. The second-order valence-corrected chi connectivity index (χ2v) is 7.40. The van der Waals surface area contributed by atoms with Gasteiger partial charge in [-0.15, -0.1) is 0 Å². The van der Waals surface area contributed by atoms with Crippen molar-refractivity contribution in [2.75, 3.05) is 6.61 Å². The van der Waals surface area contributed by atoms with Gasteiger partial charge in [0.25, 0.3) is 9.05 Å². The van der Waals surface area contributed by atoms with Crippen LogP contribution in [0.3, 0.4) is 0 Å². The van der Waals surface area contributed by atoms with Gasteiger partial charge in [0.1, 0.15) is 11.5 Å². The van der Waals surface area contributed by atoms with Crippen LogP contribution in [0.15, 0.2) is 33.7 Å². The summed E-state index contributed by atoms with van der Waals surface area (Å²) in [7, 11) is 1.42. The molecule has 3 nitrogen and oxygen atoms in total. The quantitative estimate of drug-likeness (QED) is 0.568. The molecule has 0 amide bonds. The van der Waals surface area contributed by atoms with Crippen LogP contribution in [-0.2, 0) is 9.05 Å². The first-order valence-electron chi connectivity index (χ1n) is 4.98. The van der Waals surface area contributed by atoms with Crippen LogP contribution >= 0.6 is 38.2 Å². The molecule has 0 atom stereocenters. The number of rotatable bonds is 5. The van der Waals surface area contributed by atoms with Gasteiger partial charge in [0.2, 0.25) is 0 Å². The van der Waals surface area contributed by atoms with Crippen LogP contribution < -0.4 is 4.74 Å². The summed E-state index contributed by atoms with van der Waals surface area (Å²) in [5, 5.41) is 0.174. The van der Waals surface area contributed by atoms with E-state index in [1.165, 1.54) is 12.1 Å². The standard InChI is InChI=1S/C11H11BrCl2O3S/c1-3-7(2)6-17-11-9(13)4-8(12)5-10(11)18(14,15)16/h4-5H,2-3,6H2,1H3. The Morgan fingerprint density at radius 2 is 2.11 bits per heavy atom. The zero-order chi connectivity index (χ0) is 13.9. The molecule has 1 aromatic rings. The zero-order valence-electron chi connectivity index (χ0n) is 9.54. The van der Waals surface area contributed by atoms with E-state index in [-0.39, 0.29) is 22.3 Å². The van der Waals surface area contributed by atoms with Gasteiger partial charge >= 0.3 is 0 Å². The zero-order valence-corrected chi connectivity index (χ0v) is 13.5. The van der Waals surface area contributed by atoms with E-state index in [2.05, 4.69) is 22.5 Å². The predicted octanol–water partition coefficient (Wildman–Crippen LogP) is 4.38. The molecule has 0 saturated heterocycles. The van der Waals surface area contributed by atoms with Crippen LogP contribution in [-0.4, -0.2) is 15.0 Å². The molecule has 0 aliphatic rings. The van der Waals surface area contributed by atoms with Gasteiger partial charge in [-0.05, 0) is 24.1 Å². The molecule has 1 aromatic carbocycles. The molecule has 0 aromatic heterocycles. The molecule has 0 aliphatic carbocycles. The first-order valence-corrected chi connectivity index (χ1v) is 8.47. The summed E-state index contributed by atoms with van der Waals surface area (Å²) >= 11 is 9.11. The second-order valence-electron chi connectivity index (χ2n) is 3.54. The van der Waals surface area contributed by atoms with Gasteiger partial charge in [0.05, 0.1) is 5.02 Å². The Hall–Kier alpha value is -0.230. The third kappa shape index (κ3) is 4.16. The lowest BCUT2D eigenvalue weighted by molar-refractivity contribution is 0.340. The molecule has 100 valence electrons. The van der Waals surface area contributed by atoms with E-state index < -0.39 is 9.05 Å². The highest BCUT2D eigenvalue weighted by Gasteiger charge is 2.21. The highest BCUT2D eigenvalue weighted by atomic mass is 79.9. The molecule has 18 heavy (non-hydrogen) atoms. The van der Waals surface area contributed by atoms with Crippen LogP contribution in [0.5, 0.6) is 5.75 Å². The summed E-state index contributed by atoms with van der Waals surface area (Å²) in [5.74, 6) is 0.0458. The normalized spacial score (nSPS) is 11.3. The predicted molar refractivity (Wildman–Crippen MR) is 77.1 cm³/mol. The lowest BCUT2D eigenvalue weighted by Crippen LogP contribution is -2.04. The molecule has 0 saturated carbocycles. The monoisotopic (exact) mass is 372 g/mol. The van der Waals surface area contributed by atoms with Crippen molar-refractivity contribution in [1.29, 1.82) is 0 Å². The Bertz CT molecular complexity index is 570. The van der Waals surface area contributed by atoms with Crippen molar-refractivity contribution in [3.05, 3.63) is 33.8 Å². The van der Waals surface area contributed by atoms with Gasteiger partial charge in [0, 0.05) is 15.2 Å². The molecule has 0 heterocycles. The fourth-order valence-electron chi connectivity index (χ4n) is 1.13. The van der Waals surface area contributed by atoms with E-state index in [4.69, 9.17) is 27.0 Å². The molecule has 7 heteroatoms. The van der Waals surface area contributed by atoms with Crippen LogP contribution in [0.2, 0.25) is 5.02 Å². The SMILES string of the molecule is C=C(CC)COc1c(Cl)cc(Br)cc1S(=O)(=O)Cl. The van der Waals surface area contributed by atoms with Crippen molar-refractivity contribution >= 4 is 47.3 Å². The van der Waals surface area contributed by atoms with Gasteiger partial charge in [0.15, 0.2) is 5.75 Å². The van der Waals surface area contributed by atoms with Crippen LogP contribution in [0.1, 0.15) is 13.3 Å². The molecule has 0 fully saturated rings. The third-order valence-corrected chi connectivity index (χ3v) is 4.22. The van der Waals surface area contributed by atoms with Crippen LogP contribution in [0.25, 0.3) is 0 Å². The van der Waals surface area contributed by atoms with E-state index in [0.717, 1.165) is 12.0 Å². The van der Waals surface area contributed by atoms with Crippen LogP contribution in [0, 0.1) is 0 Å². The molecule has 0 unspecified atom stereocenters. The van der Waals surface area contributed by atoms with Gasteiger partial charge < -0.3 is 4.74 Å². The minimum Gasteiger partial charge on any atom is -0.486 e. The number of hydrogen-bond donors (Lipinski definition) is 0. The van der Waals surface area contributed by atoms with Gasteiger partial charge in [-0.2, -0.15) is 0 Å². The maximum absolute atomic E-state index is 11.5. The topological polar surface area (TPSA) is 43.4 Å². The van der Waals surface area contributed by atoms with E-state index >= 15 is 0 Å². The smallest absolute Gasteiger partial charge is 0.265 e. The van der Waals surface area contributed by atoms with Crippen molar-refractivity contribution < 1.29 is 13.2 Å².